The Morgan fingerprint density at radius 3 is 2.33 bits per heavy atom. The number of aromatic amines is 1. The zero-order valence-electron chi connectivity index (χ0n) is 27.0. The number of anilines is 1. The van der Waals surface area contributed by atoms with E-state index in [1.807, 2.05) is 56.9 Å². The van der Waals surface area contributed by atoms with Crippen molar-refractivity contribution in [1.29, 1.82) is 0 Å². The van der Waals surface area contributed by atoms with Crippen molar-refractivity contribution in [3.05, 3.63) is 87.2 Å². The summed E-state index contributed by atoms with van der Waals surface area (Å²) in [6, 6.07) is 13.8. The molecule has 45 heavy (non-hydrogen) atoms. The van der Waals surface area contributed by atoms with Gasteiger partial charge in [0.25, 0.3) is 17.7 Å². The molecule has 2 fully saturated rings. The van der Waals surface area contributed by atoms with E-state index in [0.29, 0.717) is 34.0 Å². The molecule has 9 nitrogen and oxygen atoms in total. The van der Waals surface area contributed by atoms with Gasteiger partial charge in [-0.1, -0.05) is 29.8 Å². The number of piperidine rings is 1. The van der Waals surface area contributed by atoms with Gasteiger partial charge in [0.05, 0.1) is 17.2 Å². The molecule has 4 heterocycles. The second kappa shape index (κ2) is 12.7. The largest absolute Gasteiger partial charge is 0.358 e. The van der Waals surface area contributed by atoms with Crippen LogP contribution in [0.4, 0.5) is 5.69 Å². The fourth-order valence-corrected chi connectivity index (χ4v) is 6.88. The number of aromatic nitrogens is 1. The lowest BCUT2D eigenvalue weighted by molar-refractivity contribution is -0.110. The molecule has 0 spiro atoms. The van der Waals surface area contributed by atoms with Gasteiger partial charge in [-0.3, -0.25) is 19.3 Å². The lowest BCUT2D eigenvalue weighted by atomic mass is 10.0. The molecule has 2 saturated heterocycles. The third kappa shape index (κ3) is 6.32. The zero-order chi connectivity index (χ0) is 31.8. The molecule has 0 saturated carbocycles. The number of nitrogens with one attached hydrogen (secondary N) is 3. The first-order valence-electron chi connectivity index (χ1n) is 16.0. The molecule has 0 bridgehead atoms. The molecule has 0 aliphatic carbocycles. The van der Waals surface area contributed by atoms with E-state index in [1.165, 1.54) is 12.8 Å². The first-order valence-corrected chi connectivity index (χ1v) is 16.0. The summed E-state index contributed by atoms with van der Waals surface area (Å²) in [4.78, 5) is 50.3. The number of nitrogens with zero attached hydrogens (tertiary/aromatic N) is 3. The Morgan fingerprint density at radius 2 is 1.64 bits per heavy atom. The van der Waals surface area contributed by atoms with Crippen molar-refractivity contribution in [3.63, 3.8) is 0 Å². The van der Waals surface area contributed by atoms with Gasteiger partial charge in [0, 0.05) is 60.4 Å². The Balaban J connectivity index is 1.17. The molecule has 3 N–H and O–H groups in total. The number of carbonyl (C=O) groups excluding carboxylic acids is 3. The summed E-state index contributed by atoms with van der Waals surface area (Å²) in [6.45, 7) is 13.3. The highest BCUT2D eigenvalue weighted by Crippen LogP contribution is 2.35. The summed E-state index contributed by atoms with van der Waals surface area (Å²) in [5.74, 6) is -0.410. The first kappa shape index (κ1) is 30.8. The molecule has 0 radical (unpaired) electrons. The van der Waals surface area contributed by atoms with Crippen molar-refractivity contribution < 1.29 is 14.4 Å². The number of carbonyl (C=O) groups is 3. The second-order valence-electron chi connectivity index (χ2n) is 12.9. The van der Waals surface area contributed by atoms with Gasteiger partial charge >= 0.3 is 0 Å². The summed E-state index contributed by atoms with van der Waals surface area (Å²) in [5.41, 5.74) is 7.46. The molecular weight excluding hydrogens is 564 g/mol. The summed E-state index contributed by atoms with van der Waals surface area (Å²) in [5, 5.41) is 5.99. The SMILES string of the molecule is Cc1ccc([C@@H](C)NC(=O)c2ccc3c(c2)C(=Cc2[nH]c(C)c(C(=O)N4CCN(C5CCN(C)CC5)CC4)c2C)C(=O)N3)cc1. The Hall–Kier alpha value is -4.21. The second-order valence-corrected chi connectivity index (χ2v) is 12.9. The van der Waals surface area contributed by atoms with Gasteiger partial charge < -0.3 is 25.4 Å². The number of fused-ring (bicyclic) bond motifs is 1. The summed E-state index contributed by atoms with van der Waals surface area (Å²) >= 11 is 0. The number of piperazine rings is 1. The van der Waals surface area contributed by atoms with Gasteiger partial charge in [-0.25, -0.2) is 0 Å². The van der Waals surface area contributed by atoms with Crippen LogP contribution in [0.25, 0.3) is 11.6 Å². The molecule has 9 heteroatoms. The quantitative estimate of drug-likeness (QED) is 0.350. The smallest absolute Gasteiger partial charge is 0.256 e. The fraction of sp³-hybridized carbons (Fsp3) is 0.417. The average molecular weight is 609 g/mol. The molecule has 0 unspecified atom stereocenters. The number of H-pyrrole nitrogens is 1. The summed E-state index contributed by atoms with van der Waals surface area (Å²) < 4.78 is 0. The number of hydrogen-bond acceptors (Lipinski definition) is 5. The van der Waals surface area contributed by atoms with Crippen LogP contribution in [0.2, 0.25) is 0 Å². The van der Waals surface area contributed by atoms with Crippen LogP contribution in [-0.4, -0.2) is 89.8 Å². The Kier molecular flexibility index (Phi) is 8.66. The lowest BCUT2D eigenvalue weighted by Gasteiger charge is -2.42. The van der Waals surface area contributed by atoms with Crippen LogP contribution in [0.1, 0.15) is 80.2 Å². The van der Waals surface area contributed by atoms with Crippen molar-refractivity contribution in [2.24, 2.45) is 0 Å². The van der Waals surface area contributed by atoms with Crippen LogP contribution in [0.15, 0.2) is 42.5 Å². The maximum absolute atomic E-state index is 13.7. The molecular formula is C36H44N6O3. The predicted octanol–water partition coefficient (Wildman–Crippen LogP) is 4.78. The minimum absolute atomic E-state index is 0.0341. The minimum Gasteiger partial charge on any atom is -0.358 e. The van der Waals surface area contributed by atoms with Crippen molar-refractivity contribution in [2.75, 3.05) is 51.6 Å². The minimum atomic E-state index is -0.236. The number of rotatable bonds is 6. The van der Waals surface area contributed by atoms with Crippen LogP contribution >= 0.6 is 0 Å². The highest BCUT2D eigenvalue weighted by Gasteiger charge is 2.31. The molecule has 3 aliphatic heterocycles. The van der Waals surface area contributed by atoms with Crippen LogP contribution in [0.3, 0.4) is 0 Å². The molecule has 2 aromatic carbocycles. The van der Waals surface area contributed by atoms with E-state index in [2.05, 4.69) is 32.5 Å². The number of benzene rings is 2. The van der Waals surface area contributed by atoms with Gasteiger partial charge in [0.2, 0.25) is 0 Å². The number of aryl methyl sites for hydroxylation is 2. The van der Waals surface area contributed by atoms with Crippen molar-refractivity contribution in [3.8, 4) is 0 Å². The molecule has 3 aliphatic rings. The highest BCUT2D eigenvalue weighted by molar-refractivity contribution is 6.35. The van der Waals surface area contributed by atoms with E-state index >= 15 is 0 Å². The molecule has 3 aromatic rings. The molecule has 236 valence electrons. The normalized spacial score (nSPS) is 19.4. The maximum atomic E-state index is 13.7. The molecule has 6 rings (SSSR count). The van der Waals surface area contributed by atoms with Gasteiger partial charge in [0.15, 0.2) is 0 Å². The third-order valence-corrected chi connectivity index (χ3v) is 9.77. The van der Waals surface area contributed by atoms with Crippen LogP contribution in [-0.2, 0) is 4.79 Å². The van der Waals surface area contributed by atoms with E-state index in [9.17, 15) is 14.4 Å². The van der Waals surface area contributed by atoms with Gasteiger partial charge in [-0.2, -0.15) is 0 Å². The fourth-order valence-electron chi connectivity index (χ4n) is 6.88. The van der Waals surface area contributed by atoms with Crippen molar-refractivity contribution in [1.82, 2.24) is 25.0 Å². The van der Waals surface area contributed by atoms with Crippen LogP contribution in [0.5, 0.6) is 0 Å². The van der Waals surface area contributed by atoms with Crippen molar-refractivity contribution >= 4 is 35.1 Å². The first-order chi connectivity index (χ1) is 21.6. The van der Waals surface area contributed by atoms with E-state index in [4.69, 9.17) is 0 Å². The predicted molar refractivity (Wildman–Crippen MR) is 178 cm³/mol. The van der Waals surface area contributed by atoms with Crippen LogP contribution < -0.4 is 10.6 Å². The molecule has 1 atom stereocenters. The van der Waals surface area contributed by atoms with Crippen LogP contribution in [0, 0.1) is 20.8 Å². The Bertz CT molecular complexity index is 1640. The van der Waals surface area contributed by atoms with E-state index in [0.717, 1.165) is 67.3 Å². The standard InChI is InChI=1S/C36H44N6O3/c1-22-6-8-26(9-7-22)24(3)38-34(43)27-10-11-31-29(20-27)30(35(44)39-31)21-32-23(2)33(25(4)37-32)36(45)42-18-16-41(17-19-42)28-12-14-40(5)15-13-28/h6-11,20-21,24,28,37H,12-19H2,1-5H3,(H,38,43)(H,39,44)/t24-/m1/s1. The Labute approximate surface area is 265 Å². The maximum Gasteiger partial charge on any atom is 0.256 e. The highest BCUT2D eigenvalue weighted by atomic mass is 16.2. The summed E-state index contributed by atoms with van der Waals surface area (Å²) in [7, 11) is 2.18. The van der Waals surface area contributed by atoms with Crippen molar-refractivity contribution in [2.45, 2.75) is 52.6 Å². The summed E-state index contributed by atoms with van der Waals surface area (Å²) in [6.07, 6.45) is 4.18. The van der Waals surface area contributed by atoms with Gasteiger partial charge in [0.1, 0.15) is 0 Å². The van der Waals surface area contributed by atoms with E-state index in [-0.39, 0.29) is 23.8 Å². The number of amides is 3. The third-order valence-electron chi connectivity index (χ3n) is 9.77. The zero-order valence-corrected chi connectivity index (χ0v) is 27.0. The topological polar surface area (TPSA) is 101 Å². The van der Waals surface area contributed by atoms with E-state index < -0.39 is 0 Å². The molecule has 3 amide bonds. The lowest BCUT2D eigenvalue weighted by Crippen LogP contribution is -2.54. The molecule has 1 aromatic heterocycles. The van der Waals surface area contributed by atoms with E-state index in [1.54, 1.807) is 24.3 Å². The van der Waals surface area contributed by atoms with Gasteiger partial charge in [-0.15, -0.1) is 0 Å². The van der Waals surface area contributed by atoms with Gasteiger partial charge in [-0.05, 0) is 96.1 Å². The average Bonchev–Trinajstić information content (AvgIpc) is 3.50. The Morgan fingerprint density at radius 1 is 0.956 bits per heavy atom. The number of hydrogen-bond donors (Lipinski definition) is 3. The number of likely N-dealkylation sites (tertiary alicyclic amines) is 1. The monoisotopic (exact) mass is 608 g/mol.